The summed E-state index contributed by atoms with van der Waals surface area (Å²) < 4.78 is 6.44. The minimum Gasteiger partial charge on any atom is -0.444 e. The molecule has 0 radical (unpaired) electrons. The summed E-state index contributed by atoms with van der Waals surface area (Å²) in [6.45, 7) is 6.38. The van der Waals surface area contributed by atoms with Crippen molar-refractivity contribution in [2.75, 3.05) is 18.4 Å². The number of nitrogens with zero attached hydrogens (tertiary/aromatic N) is 5. The SMILES string of the molecule is CC(C)(C)OC(=O)NCCNc1ccc2nnnn2n1. The van der Waals surface area contributed by atoms with E-state index in [4.69, 9.17) is 4.74 Å². The first kappa shape index (κ1) is 14.0. The van der Waals surface area contributed by atoms with Crippen molar-refractivity contribution in [3.05, 3.63) is 12.1 Å². The fourth-order valence-corrected chi connectivity index (χ4v) is 1.41. The van der Waals surface area contributed by atoms with Crippen LogP contribution in [0.2, 0.25) is 0 Å². The van der Waals surface area contributed by atoms with E-state index in [0.717, 1.165) is 0 Å². The molecule has 0 bridgehead atoms. The quantitative estimate of drug-likeness (QED) is 0.783. The van der Waals surface area contributed by atoms with E-state index in [1.165, 1.54) is 4.63 Å². The van der Waals surface area contributed by atoms with Crippen molar-refractivity contribution in [1.29, 1.82) is 0 Å². The summed E-state index contributed by atoms with van der Waals surface area (Å²) in [7, 11) is 0. The van der Waals surface area contributed by atoms with Crippen LogP contribution in [0.1, 0.15) is 20.8 Å². The number of alkyl carbamates (subject to hydrolysis) is 1. The van der Waals surface area contributed by atoms with Crippen LogP contribution in [0, 0.1) is 0 Å². The number of carbonyl (C=O) groups excluding carboxylic acids is 1. The number of amides is 1. The van der Waals surface area contributed by atoms with Crippen molar-refractivity contribution in [3.63, 3.8) is 0 Å². The van der Waals surface area contributed by atoms with E-state index in [2.05, 4.69) is 31.3 Å². The van der Waals surface area contributed by atoms with Gasteiger partial charge < -0.3 is 15.4 Å². The van der Waals surface area contributed by atoms with Gasteiger partial charge in [-0.1, -0.05) is 0 Å². The molecule has 0 saturated carbocycles. The van der Waals surface area contributed by atoms with Gasteiger partial charge in [0.2, 0.25) is 0 Å². The molecule has 0 aliphatic heterocycles. The van der Waals surface area contributed by atoms with E-state index < -0.39 is 11.7 Å². The van der Waals surface area contributed by atoms with Gasteiger partial charge in [0.15, 0.2) is 5.65 Å². The maximum Gasteiger partial charge on any atom is 0.407 e. The smallest absolute Gasteiger partial charge is 0.407 e. The standard InChI is InChI=1S/C11H17N7O2/c1-11(2,3)20-10(19)13-7-6-12-8-4-5-9-14-16-17-18(9)15-8/h4-5H,6-7H2,1-3H3,(H,12,15)(H,13,19). The summed E-state index contributed by atoms with van der Waals surface area (Å²) >= 11 is 0. The first-order chi connectivity index (χ1) is 9.44. The normalized spacial score (nSPS) is 11.3. The molecule has 0 unspecified atom stereocenters. The van der Waals surface area contributed by atoms with Crippen LogP contribution in [0.4, 0.5) is 10.6 Å². The Morgan fingerprint density at radius 1 is 1.35 bits per heavy atom. The number of aromatic nitrogens is 5. The van der Waals surface area contributed by atoms with Crippen molar-refractivity contribution < 1.29 is 9.53 Å². The zero-order chi connectivity index (χ0) is 14.6. The number of ether oxygens (including phenoxy) is 1. The summed E-state index contributed by atoms with van der Waals surface area (Å²) in [5.41, 5.74) is 0.0759. The second kappa shape index (κ2) is 5.68. The molecule has 0 aliphatic rings. The van der Waals surface area contributed by atoms with E-state index in [0.29, 0.717) is 24.6 Å². The van der Waals surface area contributed by atoms with Gasteiger partial charge in [-0.15, -0.1) is 14.8 Å². The van der Waals surface area contributed by atoms with Crippen LogP contribution in [0.5, 0.6) is 0 Å². The molecular formula is C11H17N7O2. The molecule has 1 amide bonds. The highest BCUT2D eigenvalue weighted by Crippen LogP contribution is 2.06. The third kappa shape index (κ3) is 4.04. The highest BCUT2D eigenvalue weighted by molar-refractivity contribution is 5.67. The highest BCUT2D eigenvalue weighted by Gasteiger charge is 2.15. The zero-order valence-corrected chi connectivity index (χ0v) is 11.6. The number of rotatable bonds is 4. The maximum atomic E-state index is 11.4. The minimum atomic E-state index is -0.496. The molecule has 2 aromatic rings. The Bertz CT molecular complexity index is 590. The fourth-order valence-electron chi connectivity index (χ4n) is 1.41. The maximum absolute atomic E-state index is 11.4. The molecule has 9 nitrogen and oxygen atoms in total. The molecule has 0 aromatic carbocycles. The second-order valence-corrected chi connectivity index (χ2v) is 5.10. The Labute approximate surface area is 115 Å². The van der Waals surface area contributed by atoms with Crippen molar-refractivity contribution >= 4 is 17.6 Å². The van der Waals surface area contributed by atoms with Gasteiger partial charge in [0.1, 0.15) is 11.4 Å². The molecule has 2 rings (SSSR count). The summed E-state index contributed by atoms with van der Waals surface area (Å²) in [5.74, 6) is 0.621. The molecule has 20 heavy (non-hydrogen) atoms. The monoisotopic (exact) mass is 279 g/mol. The predicted molar refractivity (Wildman–Crippen MR) is 71.3 cm³/mol. The summed E-state index contributed by atoms with van der Waals surface area (Å²) in [4.78, 5) is 11.4. The molecule has 0 fully saturated rings. The fraction of sp³-hybridized carbons (Fsp3) is 0.545. The number of tetrazole rings is 1. The lowest BCUT2D eigenvalue weighted by atomic mass is 10.2. The summed E-state index contributed by atoms with van der Waals surface area (Å²) in [6, 6.07) is 3.51. The van der Waals surface area contributed by atoms with E-state index in [1.807, 2.05) is 20.8 Å². The van der Waals surface area contributed by atoms with Crippen molar-refractivity contribution in [1.82, 2.24) is 30.6 Å². The minimum absolute atomic E-state index is 0.421. The second-order valence-electron chi connectivity index (χ2n) is 5.10. The molecule has 0 spiro atoms. The van der Waals surface area contributed by atoms with Gasteiger partial charge in [0.25, 0.3) is 0 Å². The predicted octanol–water partition coefficient (Wildman–Crippen LogP) is 0.456. The van der Waals surface area contributed by atoms with Gasteiger partial charge in [-0.05, 0) is 43.3 Å². The van der Waals surface area contributed by atoms with Crippen LogP contribution in [0.3, 0.4) is 0 Å². The van der Waals surface area contributed by atoms with E-state index in [1.54, 1.807) is 12.1 Å². The lowest BCUT2D eigenvalue weighted by molar-refractivity contribution is 0.0530. The Hall–Kier alpha value is -2.45. The number of fused-ring (bicyclic) bond motifs is 1. The lowest BCUT2D eigenvalue weighted by Crippen LogP contribution is -2.35. The summed E-state index contributed by atoms with van der Waals surface area (Å²) in [5, 5.41) is 20.8. The molecule has 0 aliphatic carbocycles. The van der Waals surface area contributed by atoms with Crippen LogP contribution in [-0.4, -0.2) is 50.0 Å². The Morgan fingerprint density at radius 2 is 2.15 bits per heavy atom. The Kier molecular flexibility index (Phi) is 3.97. The van der Waals surface area contributed by atoms with Crippen LogP contribution < -0.4 is 10.6 Å². The third-order valence-electron chi connectivity index (χ3n) is 2.17. The number of nitrogens with one attached hydrogen (secondary N) is 2. The van der Waals surface area contributed by atoms with Crippen LogP contribution >= 0.6 is 0 Å². The van der Waals surface area contributed by atoms with E-state index >= 15 is 0 Å². The van der Waals surface area contributed by atoms with Gasteiger partial charge in [-0.3, -0.25) is 0 Å². The molecule has 0 saturated heterocycles. The number of anilines is 1. The van der Waals surface area contributed by atoms with Crippen LogP contribution in [0.15, 0.2) is 12.1 Å². The van der Waals surface area contributed by atoms with Crippen molar-refractivity contribution in [2.24, 2.45) is 0 Å². The molecular weight excluding hydrogens is 262 g/mol. The molecule has 2 heterocycles. The van der Waals surface area contributed by atoms with Gasteiger partial charge >= 0.3 is 6.09 Å². The zero-order valence-electron chi connectivity index (χ0n) is 11.6. The van der Waals surface area contributed by atoms with Gasteiger partial charge in [-0.25, -0.2) is 4.79 Å². The molecule has 0 atom stereocenters. The van der Waals surface area contributed by atoms with E-state index in [-0.39, 0.29) is 0 Å². The molecule has 108 valence electrons. The molecule has 2 aromatic heterocycles. The first-order valence-electron chi connectivity index (χ1n) is 6.20. The number of carbonyl (C=O) groups is 1. The molecule has 9 heteroatoms. The first-order valence-corrected chi connectivity index (χ1v) is 6.20. The number of hydrogen-bond acceptors (Lipinski definition) is 7. The largest absolute Gasteiger partial charge is 0.444 e. The van der Waals surface area contributed by atoms with Gasteiger partial charge in [0, 0.05) is 13.1 Å². The topological polar surface area (TPSA) is 106 Å². The average molecular weight is 279 g/mol. The molecule has 2 N–H and O–H groups in total. The highest BCUT2D eigenvalue weighted by atomic mass is 16.6. The van der Waals surface area contributed by atoms with E-state index in [9.17, 15) is 4.79 Å². The average Bonchev–Trinajstić information content (AvgIpc) is 2.79. The lowest BCUT2D eigenvalue weighted by Gasteiger charge is -2.19. The van der Waals surface area contributed by atoms with Crippen LogP contribution in [-0.2, 0) is 4.74 Å². The third-order valence-corrected chi connectivity index (χ3v) is 2.17. The van der Waals surface area contributed by atoms with Crippen LogP contribution in [0.25, 0.3) is 5.65 Å². The van der Waals surface area contributed by atoms with Gasteiger partial charge in [0.05, 0.1) is 0 Å². The Morgan fingerprint density at radius 3 is 2.90 bits per heavy atom. The van der Waals surface area contributed by atoms with Crippen molar-refractivity contribution in [2.45, 2.75) is 26.4 Å². The summed E-state index contributed by atoms with van der Waals surface area (Å²) in [6.07, 6.45) is -0.441. The Balaban J connectivity index is 1.74. The van der Waals surface area contributed by atoms with Gasteiger partial charge in [-0.2, -0.15) is 0 Å². The van der Waals surface area contributed by atoms with Crippen molar-refractivity contribution in [3.8, 4) is 0 Å². The number of hydrogen-bond donors (Lipinski definition) is 2.